The Labute approximate surface area is 176 Å². The third kappa shape index (κ3) is 4.26. The van der Waals surface area contributed by atoms with Crippen LogP contribution in [0.25, 0.3) is 11.8 Å². The van der Waals surface area contributed by atoms with Crippen molar-refractivity contribution in [1.29, 1.82) is 5.26 Å². The largest absolute Gasteiger partial charge is 0.321 e. The predicted molar refractivity (Wildman–Crippen MR) is 118 cm³/mol. The minimum Gasteiger partial charge on any atom is -0.321 e. The Kier molecular flexibility index (Phi) is 5.91. The van der Waals surface area contributed by atoms with Crippen LogP contribution in [-0.4, -0.2) is 10.5 Å². The van der Waals surface area contributed by atoms with E-state index in [4.69, 9.17) is 11.6 Å². The van der Waals surface area contributed by atoms with Gasteiger partial charge in [-0.25, -0.2) is 0 Å². The molecule has 0 spiro atoms. The van der Waals surface area contributed by atoms with Gasteiger partial charge in [0.15, 0.2) is 0 Å². The minimum atomic E-state index is -0.452. The summed E-state index contributed by atoms with van der Waals surface area (Å²) in [6.07, 6.45) is 1.63. The van der Waals surface area contributed by atoms with Gasteiger partial charge in [-0.05, 0) is 86.9 Å². The number of amides is 1. The van der Waals surface area contributed by atoms with Crippen molar-refractivity contribution in [3.63, 3.8) is 0 Å². The van der Waals surface area contributed by atoms with Gasteiger partial charge in [-0.2, -0.15) is 5.26 Å². The minimum absolute atomic E-state index is 0.0427. The molecule has 1 N–H and O–H groups in total. The van der Waals surface area contributed by atoms with E-state index in [2.05, 4.69) is 35.9 Å². The lowest BCUT2D eigenvalue weighted by Crippen LogP contribution is -2.13. The number of nitrogens with zero attached hydrogens (tertiary/aromatic N) is 2. The summed E-state index contributed by atoms with van der Waals surface area (Å²) in [5.74, 6) is -0.452. The average molecular weight is 404 g/mol. The Balaban J connectivity index is 1.96. The Morgan fingerprint density at radius 1 is 1.10 bits per heavy atom. The highest BCUT2D eigenvalue weighted by atomic mass is 35.5. The van der Waals surface area contributed by atoms with Crippen LogP contribution in [0.1, 0.15) is 28.1 Å². The van der Waals surface area contributed by atoms with Crippen molar-refractivity contribution in [2.45, 2.75) is 27.7 Å². The molecule has 146 valence electrons. The van der Waals surface area contributed by atoms with Gasteiger partial charge in [0.05, 0.1) is 0 Å². The summed E-state index contributed by atoms with van der Waals surface area (Å²) in [4.78, 5) is 12.6. The van der Waals surface area contributed by atoms with E-state index in [0.717, 1.165) is 22.6 Å². The number of nitrogens with one attached hydrogen (secondary N) is 1. The average Bonchev–Trinajstić information content (AvgIpc) is 2.97. The maximum atomic E-state index is 12.6. The van der Waals surface area contributed by atoms with Crippen LogP contribution in [0.15, 0.2) is 54.1 Å². The second kappa shape index (κ2) is 8.38. The highest BCUT2D eigenvalue weighted by molar-refractivity contribution is 6.30. The first kappa shape index (κ1) is 20.4. The molecule has 3 aromatic rings. The van der Waals surface area contributed by atoms with Crippen LogP contribution in [0.3, 0.4) is 0 Å². The van der Waals surface area contributed by atoms with Gasteiger partial charge in [-0.3, -0.25) is 4.79 Å². The van der Waals surface area contributed by atoms with Gasteiger partial charge in [0, 0.05) is 27.8 Å². The maximum Gasteiger partial charge on any atom is 0.266 e. The molecule has 0 aliphatic rings. The molecule has 0 saturated carbocycles. The van der Waals surface area contributed by atoms with E-state index >= 15 is 0 Å². The van der Waals surface area contributed by atoms with Gasteiger partial charge >= 0.3 is 0 Å². The van der Waals surface area contributed by atoms with Gasteiger partial charge in [0.25, 0.3) is 5.91 Å². The van der Waals surface area contributed by atoms with Crippen LogP contribution >= 0.6 is 11.6 Å². The molecule has 2 aromatic carbocycles. The first-order valence-corrected chi connectivity index (χ1v) is 9.64. The van der Waals surface area contributed by atoms with E-state index in [1.807, 2.05) is 32.0 Å². The van der Waals surface area contributed by atoms with E-state index in [-0.39, 0.29) is 5.57 Å². The van der Waals surface area contributed by atoms with E-state index < -0.39 is 5.91 Å². The second-order valence-electron chi connectivity index (χ2n) is 7.01. The number of aryl methyl sites for hydroxylation is 2. The molecule has 0 unspecified atom stereocenters. The monoisotopic (exact) mass is 403 g/mol. The van der Waals surface area contributed by atoms with Crippen molar-refractivity contribution in [3.05, 3.63) is 87.2 Å². The molecule has 29 heavy (non-hydrogen) atoms. The molecular weight excluding hydrogens is 382 g/mol. The number of nitriles is 1. The van der Waals surface area contributed by atoms with Crippen molar-refractivity contribution < 1.29 is 4.79 Å². The van der Waals surface area contributed by atoms with Gasteiger partial charge in [0.2, 0.25) is 0 Å². The number of benzene rings is 2. The molecule has 5 heteroatoms. The van der Waals surface area contributed by atoms with Crippen LogP contribution in [-0.2, 0) is 4.79 Å². The molecule has 0 radical (unpaired) electrons. The van der Waals surface area contributed by atoms with Gasteiger partial charge in [-0.15, -0.1) is 0 Å². The van der Waals surface area contributed by atoms with Gasteiger partial charge < -0.3 is 9.88 Å². The Hall–Kier alpha value is -3.29. The highest BCUT2D eigenvalue weighted by Crippen LogP contribution is 2.26. The number of hydrogen-bond acceptors (Lipinski definition) is 2. The number of carbonyl (C=O) groups excluding carboxylic acids is 1. The quantitative estimate of drug-likeness (QED) is 0.434. The molecule has 0 aliphatic heterocycles. The number of aromatic nitrogens is 1. The fraction of sp³-hybridized carbons (Fsp3) is 0.167. The van der Waals surface area contributed by atoms with Gasteiger partial charge in [-0.1, -0.05) is 23.7 Å². The predicted octanol–water partition coefficient (Wildman–Crippen LogP) is 5.91. The number of halogens is 1. The highest BCUT2D eigenvalue weighted by Gasteiger charge is 2.15. The van der Waals surface area contributed by atoms with Crippen LogP contribution in [0.4, 0.5) is 5.69 Å². The van der Waals surface area contributed by atoms with E-state index in [1.165, 1.54) is 11.1 Å². The molecule has 0 fully saturated rings. The number of carbonyl (C=O) groups is 1. The number of rotatable bonds is 4. The lowest BCUT2D eigenvalue weighted by molar-refractivity contribution is -0.112. The summed E-state index contributed by atoms with van der Waals surface area (Å²) >= 11 is 5.87. The molecule has 0 bridgehead atoms. The van der Waals surface area contributed by atoms with Crippen molar-refractivity contribution in [2.24, 2.45) is 0 Å². The summed E-state index contributed by atoms with van der Waals surface area (Å²) in [6.45, 7) is 8.20. The van der Waals surface area contributed by atoms with Crippen molar-refractivity contribution in [1.82, 2.24) is 4.57 Å². The molecule has 1 aromatic heterocycles. The Bertz CT molecular complexity index is 1150. The van der Waals surface area contributed by atoms with E-state index in [9.17, 15) is 10.1 Å². The fourth-order valence-electron chi connectivity index (χ4n) is 3.32. The first-order chi connectivity index (χ1) is 13.8. The van der Waals surface area contributed by atoms with Crippen LogP contribution in [0.2, 0.25) is 5.02 Å². The van der Waals surface area contributed by atoms with Crippen molar-refractivity contribution >= 4 is 29.3 Å². The molecule has 1 amide bonds. The Morgan fingerprint density at radius 3 is 2.45 bits per heavy atom. The first-order valence-electron chi connectivity index (χ1n) is 9.26. The third-order valence-electron chi connectivity index (χ3n) is 5.05. The molecule has 4 nitrogen and oxygen atoms in total. The second-order valence-corrected chi connectivity index (χ2v) is 7.45. The normalized spacial score (nSPS) is 11.2. The Morgan fingerprint density at radius 2 is 1.79 bits per heavy atom. The topological polar surface area (TPSA) is 57.8 Å². The summed E-state index contributed by atoms with van der Waals surface area (Å²) < 4.78 is 2.15. The van der Waals surface area contributed by atoms with Crippen LogP contribution in [0.5, 0.6) is 0 Å². The standard InChI is InChI=1S/C24H22ClN3O/c1-15-6-5-7-23(17(15)3)28-16(2)12-19(18(28)4)13-20(14-26)24(29)27-22-10-8-21(25)9-11-22/h5-13H,1-4H3,(H,27,29). The lowest BCUT2D eigenvalue weighted by Gasteiger charge is -2.14. The summed E-state index contributed by atoms with van der Waals surface area (Å²) in [6, 6.07) is 17.0. The summed E-state index contributed by atoms with van der Waals surface area (Å²) in [5, 5.41) is 12.9. The van der Waals surface area contributed by atoms with Crippen molar-refractivity contribution in [2.75, 3.05) is 5.32 Å². The fourth-order valence-corrected chi connectivity index (χ4v) is 3.44. The van der Waals surface area contributed by atoms with E-state index in [0.29, 0.717) is 10.7 Å². The maximum absolute atomic E-state index is 12.6. The number of anilines is 1. The molecule has 0 atom stereocenters. The summed E-state index contributed by atoms with van der Waals surface area (Å²) in [7, 11) is 0. The van der Waals surface area contributed by atoms with Crippen molar-refractivity contribution in [3.8, 4) is 11.8 Å². The number of hydrogen-bond donors (Lipinski definition) is 1. The third-order valence-corrected chi connectivity index (χ3v) is 5.31. The molecule has 3 rings (SSSR count). The SMILES string of the molecule is Cc1cccc(-n2c(C)cc(C=C(C#N)C(=O)Nc3ccc(Cl)cc3)c2C)c1C. The zero-order valence-electron chi connectivity index (χ0n) is 16.9. The molecule has 0 saturated heterocycles. The van der Waals surface area contributed by atoms with Crippen LogP contribution < -0.4 is 5.32 Å². The smallest absolute Gasteiger partial charge is 0.266 e. The summed E-state index contributed by atoms with van der Waals surface area (Å²) in [5.41, 5.74) is 7.00. The zero-order chi connectivity index (χ0) is 21.1. The molecular formula is C24H22ClN3O. The van der Waals surface area contributed by atoms with Gasteiger partial charge in [0.1, 0.15) is 11.6 Å². The zero-order valence-corrected chi connectivity index (χ0v) is 17.6. The lowest BCUT2D eigenvalue weighted by atomic mass is 10.1. The van der Waals surface area contributed by atoms with Crippen LogP contribution in [0, 0.1) is 39.0 Å². The molecule has 1 heterocycles. The molecule has 0 aliphatic carbocycles. The van der Waals surface area contributed by atoms with E-state index in [1.54, 1.807) is 30.3 Å².